The number of hydrogen-bond donors (Lipinski definition) is 3. The maximum Gasteiger partial charge on any atom is 0.407 e. The Hall–Kier alpha value is -4.31. The van der Waals surface area contributed by atoms with E-state index in [9.17, 15) is 23.1 Å². The van der Waals surface area contributed by atoms with Gasteiger partial charge < -0.3 is 20.6 Å². The number of nitrogens with zero attached hydrogens (tertiary/aromatic N) is 6. The van der Waals surface area contributed by atoms with Crippen LogP contribution in [0, 0.1) is 6.57 Å². The topological polar surface area (TPSA) is 121 Å². The van der Waals surface area contributed by atoms with E-state index < -0.39 is 28.9 Å². The predicted molar refractivity (Wildman–Crippen MR) is 128 cm³/mol. The average Bonchev–Trinajstić information content (AvgIpc) is 2.86. The lowest BCUT2D eigenvalue weighted by Crippen LogP contribution is -2.38. The van der Waals surface area contributed by atoms with Gasteiger partial charge in [0, 0.05) is 24.3 Å². The molecule has 0 unspecified atom stereocenters. The highest BCUT2D eigenvalue weighted by atomic mass is 19.4. The third kappa shape index (κ3) is 6.10. The average molecular weight is 512 g/mol. The van der Waals surface area contributed by atoms with E-state index in [1.807, 2.05) is 0 Å². The summed E-state index contributed by atoms with van der Waals surface area (Å²) in [6.45, 7) is 10.9. The number of benzene rings is 1. The van der Waals surface area contributed by atoms with Gasteiger partial charge in [0.15, 0.2) is 17.2 Å². The second-order valence-corrected chi connectivity index (χ2v) is 9.05. The number of alkyl halides is 3. The zero-order valence-electron chi connectivity index (χ0n) is 20.0. The number of aliphatic hydroxyl groups is 1. The van der Waals surface area contributed by atoms with Crippen LogP contribution >= 0.6 is 0 Å². The standard InChI is InChI=1S/C24H23F3N8O2/c1-23(2,37)12-29-22(36)18-6-7-20(34-33-18)32-21-15-8-9-35(11-19(15)30-13-31-21)14-4-5-17(28-3)16(10-14)24(25,26)27/h4-7,10,13,37H,8-9,11-12H2,1-2H3,(H,29,36)(H,30,31,32,34). The van der Waals surface area contributed by atoms with Crippen molar-refractivity contribution < 1.29 is 23.1 Å². The monoisotopic (exact) mass is 512 g/mol. The molecule has 10 nitrogen and oxygen atoms in total. The van der Waals surface area contributed by atoms with Crippen LogP contribution in [0.4, 0.5) is 36.2 Å². The summed E-state index contributed by atoms with van der Waals surface area (Å²) < 4.78 is 40.2. The molecule has 0 bridgehead atoms. The summed E-state index contributed by atoms with van der Waals surface area (Å²) in [6, 6.07) is 6.72. The number of fused-ring (bicyclic) bond motifs is 1. The molecule has 4 rings (SSSR count). The summed E-state index contributed by atoms with van der Waals surface area (Å²) >= 11 is 0. The molecule has 0 spiro atoms. The molecular formula is C24H23F3N8O2. The number of nitrogens with one attached hydrogen (secondary N) is 2. The summed E-state index contributed by atoms with van der Waals surface area (Å²) in [5.41, 5.74) is -0.603. The summed E-state index contributed by atoms with van der Waals surface area (Å²) in [7, 11) is 0. The molecule has 0 aliphatic carbocycles. The van der Waals surface area contributed by atoms with Crippen molar-refractivity contribution in [3.63, 3.8) is 0 Å². The van der Waals surface area contributed by atoms with Crippen molar-refractivity contribution in [1.29, 1.82) is 0 Å². The Morgan fingerprint density at radius 2 is 1.97 bits per heavy atom. The lowest BCUT2D eigenvalue weighted by atomic mass is 10.0. The Labute approximate surface area is 210 Å². The van der Waals surface area contributed by atoms with Gasteiger partial charge in [0.2, 0.25) is 0 Å². The van der Waals surface area contributed by atoms with Gasteiger partial charge in [0.25, 0.3) is 5.91 Å². The van der Waals surface area contributed by atoms with E-state index in [4.69, 9.17) is 6.57 Å². The first kappa shape index (κ1) is 25.8. The normalized spacial score (nSPS) is 13.5. The molecule has 192 valence electrons. The molecule has 1 aliphatic rings. The Bertz CT molecular complexity index is 1350. The van der Waals surface area contributed by atoms with Crippen LogP contribution in [-0.4, -0.2) is 49.9 Å². The van der Waals surface area contributed by atoms with E-state index >= 15 is 0 Å². The number of rotatable bonds is 6. The zero-order chi connectivity index (χ0) is 26.8. The maximum atomic E-state index is 13.4. The van der Waals surface area contributed by atoms with E-state index in [1.165, 1.54) is 24.5 Å². The van der Waals surface area contributed by atoms with Crippen molar-refractivity contribution in [3.8, 4) is 0 Å². The number of halogens is 3. The minimum atomic E-state index is -4.63. The Morgan fingerprint density at radius 1 is 1.19 bits per heavy atom. The minimum Gasteiger partial charge on any atom is -0.389 e. The Kier molecular flexibility index (Phi) is 6.95. The first-order chi connectivity index (χ1) is 17.4. The molecule has 3 heterocycles. The van der Waals surface area contributed by atoms with Gasteiger partial charge in [0.1, 0.15) is 12.1 Å². The quantitative estimate of drug-likeness (QED) is 0.428. The van der Waals surface area contributed by atoms with E-state index in [1.54, 1.807) is 24.8 Å². The fraction of sp³-hybridized carbons (Fsp3) is 0.333. The van der Waals surface area contributed by atoms with Gasteiger partial charge in [-0.2, -0.15) is 13.2 Å². The van der Waals surface area contributed by atoms with Gasteiger partial charge in [-0.15, -0.1) is 10.2 Å². The van der Waals surface area contributed by atoms with Crippen molar-refractivity contribution in [2.24, 2.45) is 0 Å². The van der Waals surface area contributed by atoms with Gasteiger partial charge in [-0.1, -0.05) is 6.07 Å². The molecular weight excluding hydrogens is 489 g/mol. The van der Waals surface area contributed by atoms with Crippen molar-refractivity contribution in [1.82, 2.24) is 25.5 Å². The van der Waals surface area contributed by atoms with Gasteiger partial charge in [-0.3, -0.25) is 4.79 Å². The summed E-state index contributed by atoms with van der Waals surface area (Å²) in [5.74, 6) is 0.350. The molecule has 13 heteroatoms. The van der Waals surface area contributed by atoms with E-state index in [2.05, 4.69) is 35.6 Å². The maximum absolute atomic E-state index is 13.4. The summed E-state index contributed by atoms with van der Waals surface area (Å²) in [6.07, 6.45) is -2.83. The second kappa shape index (κ2) is 9.98. The molecule has 37 heavy (non-hydrogen) atoms. The number of anilines is 3. The number of carbonyl (C=O) groups excluding carboxylic acids is 1. The Morgan fingerprint density at radius 3 is 2.62 bits per heavy atom. The molecule has 2 aromatic heterocycles. The van der Waals surface area contributed by atoms with Crippen LogP contribution in [0.1, 0.15) is 41.2 Å². The van der Waals surface area contributed by atoms with Crippen LogP contribution in [-0.2, 0) is 19.1 Å². The zero-order valence-corrected chi connectivity index (χ0v) is 20.0. The van der Waals surface area contributed by atoms with E-state index in [0.717, 1.165) is 11.6 Å². The first-order valence-electron chi connectivity index (χ1n) is 11.2. The highest BCUT2D eigenvalue weighted by Gasteiger charge is 2.34. The van der Waals surface area contributed by atoms with Gasteiger partial charge >= 0.3 is 6.18 Å². The minimum absolute atomic E-state index is 0.0544. The third-order valence-electron chi connectivity index (χ3n) is 5.60. The van der Waals surface area contributed by atoms with E-state index in [0.29, 0.717) is 36.0 Å². The van der Waals surface area contributed by atoms with Crippen LogP contribution in [0.2, 0.25) is 0 Å². The third-order valence-corrected chi connectivity index (χ3v) is 5.60. The lowest BCUT2D eigenvalue weighted by Gasteiger charge is -2.31. The Balaban J connectivity index is 1.48. The molecule has 0 radical (unpaired) electrons. The van der Waals surface area contributed by atoms with Crippen molar-refractivity contribution in [2.75, 3.05) is 23.3 Å². The second-order valence-electron chi connectivity index (χ2n) is 9.05. The smallest absolute Gasteiger partial charge is 0.389 e. The molecule has 1 aromatic carbocycles. The molecule has 0 fully saturated rings. The predicted octanol–water partition coefficient (Wildman–Crippen LogP) is 3.64. The van der Waals surface area contributed by atoms with Gasteiger partial charge in [-0.05, 0) is 44.5 Å². The van der Waals surface area contributed by atoms with Gasteiger partial charge in [0.05, 0.1) is 30.0 Å². The molecule has 0 saturated heterocycles. The number of hydrogen-bond acceptors (Lipinski definition) is 8. The molecule has 0 saturated carbocycles. The largest absolute Gasteiger partial charge is 0.407 e. The fourth-order valence-corrected chi connectivity index (χ4v) is 3.76. The molecule has 1 amide bonds. The number of carbonyl (C=O) groups is 1. The number of aromatic nitrogens is 4. The molecule has 3 aromatic rings. The van der Waals surface area contributed by atoms with Crippen molar-refractivity contribution in [2.45, 2.75) is 38.6 Å². The van der Waals surface area contributed by atoms with Crippen LogP contribution < -0.4 is 15.5 Å². The highest BCUT2D eigenvalue weighted by molar-refractivity contribution is 5.92. The molecule has 1 aliphatic heterocycles. The fourth-order valence-electron chi connectivity index (χ4n) is 3.76. The van der Waals surface area contributed by atoms with Gasteiger partial charge in [-0.25, -0.2) is 14.8 Å². The molecule has 0 atom stereocenters. The van der Waals surface area contributed by atoms with Crippen LogP contribution in [0.5, 0.6) is 0 Å². The van der Waals surface area contributed by atoms with Crippen LogP contribution in [0.25, 0.3) is 4.85 Å². The van der Waals surface area contributed by atoms with Crippen molar-refractivity contribution >= 4 is 28.9 Å². The lowest BCUT2D eigenvalue weighted by molar-refractivity contribution is -0.136. The summed E-state index contributed by atoms with van der Waals surface area (Å²) in [5, 5.41) is 23.3. The first-order valence-corrected chi connectivity index (χ1v) is 11.2. The van der Waals surface area contributed by atoms with Crippen molar-refractivity contribution in [3.05, 3.63) is 70.6 Å². The van der Waals surface area contributed by atoms with E-state index in [-0.39, 0.29) is 18.8 Å². The van der Waals surface area contributed by atoms with Crippen LogP contribution in [0.3, 0.4) is 0 Å². The number of amides is 1. The molecule has 3 N–H and O–H groups in total. The SMILES string of the molecule is [C-]#[N+]c1ccc(N2CCc3c(ncnc3Nc3ccc(C(=O)NCC(C)(C)O)nn3)C2)cc1C(F)(F)F. The van der Waals surface area contributed by atoms with Crippen LogP contribution in [0.15, 0.2) is 36.7 Å². The highest BCUT2D eigenvalue weighted by Crippen LogP contribution is 2.39. The summed E-state index contributed by atoms with van der Waals surface area (Å²) in [4.78, 5) is 25.5.